The van der Waals surface area contributed by atoms with E-state index < -0.39 is 5.78 Å². The van der Waals surface area contributed by atoms with Crippen molar-refractivity contribution in [2.45, 2.75) is 0 Å². The van der Waals surface area contributed by atoms with Crippen LogP contribution in [0.15, 0.2) is 30.0 Å². The van der Waals surface area contributed by atoms with E-state index in [1.807, 2.05) is 18.2 Å². The lowest BCUT2D eigenvalue weighted by Gasteiger charge is -2.18. The van der Waals surface area contributed by atoms with Gasteiger partial charge in [0.25, 0.3) is 0 Å². The molecule has 96 valence electrons. The van der Waals surface area contributed by atoms with Crippen LogP contribution in [0.1, 0.15) is 15.9 Å². The Hall–Kier alpha value is -2.49. The maximum absolute atomic E-state index is 12.1. The first-order chi connectivity index (χ1) is 9.17. The summed E-state index contributed by atoms with van der Waals surface area (Å²) in [5.41, 5.74) is 1.08. The second-order valence-electron chi connectivity index (χ2n) is 4.28. The zero-order valence-corrected chi connectivity index (χ0v) is 10.6. The van der Waals surface area contributed by atoms with Crippen LogP contribution < -0.4 is 9.47 Å². The molecule has 0 spiro atoms. The van der Waals surface area contributed by atoms with Crippen LogP contribution in [0.2, 0.25) is 0 Å². The van der Waals surface area contributed by atoms with Gasteiger partial charge in [-0.25, -0.2) is 0 Å². The molecule has 0 fully saturated rings. The number of benzene rings is 2. The van der Waals surface area contributed by atoms with Gasteiger partial charge in [0.1, 0.15) is 11.5 Å². The molecule has 4 heteroatoms. The topological polar surface area (TPSA) is 55.8 Å². The van der Waals surface area contributed by atoms with Crippen LogP contribution in [-0.2, 0) is 0 Å². The lowest BCUT2D eigenvalue weighted by atomic mass is 9.90. The number of hydrogen-bond donors (Lipinski definition) is 1. The highest BCUT2D eigenvalue weighted by Crippen LogP contribution is 2.40. The number of Topliss-reactive ketones (excluding diaryl/α,β-unsaturated/α-hetero) is 1. The fourth-order valence-corrected chi connectivity index (χ4v) is 2.45. The highest BCUT2D eigenvalue weighted by atomic mass is 16.5. The Morgan fingerprint density at radius 1 is 1.00 bits per heavy atom. The molecule has 19 heavy (non-hydrogen) atoms. The van der Waals surface area contributed by atoms with Crippen LogP contribution in [0.5, 0.6) is 11.5 Å². The van der Waals surface area contributed by atoms with Gasteiger partial charge in [-0.3, -0.25) is 4.79 Å². The number of ether oxygens (including phenoxy) is 2. The van der Waals surface area contributed by atoms with Crippen LogP contribution in [-0.4, -0.2) is 25.1 Å². The summed E-state index contributed by atoms with van der Waals surface area (Å²) < 4.78 is 10.5. The molecule has 0 unspecified atom stereocenters. The van der Waals surface area contributed by atoms with E-state index >= 15 is 0 Å². The van der Waals surface area contributed by atoms with E-state index in [2.05, 4.69) is 0 Å². The Morgan fingerprint density at radius 2 is 1.63 bits per heavy atom. The number of methoxy groups -OCH3 is 2. The van der Waals surface area contributed by atoms with Crippen molar-refractivity contribution in [3.8, 4) is 11.5 Å². The number of rotatable bonds is 2. The number of hydrogen-bond acceptors (Lipinski definition) is 4. The molecule has 3 rings (SSSR count). The molecular weight excluding hydrogens is 244 g/mol. The fourth-order valence-electron chi connectivity index (χ4n) is 2.45. The van der Waals surface area contributed by atoms with Crippen molar-refractivity contribution in [3.05, 3.63) is 41.2 Å². The number of allylic oxidation sites excluding steroid dienone is 1. The zero-order chi connectivity index (χ0) is 13.6. The molecule has 0 heterocycles. The van der Waals surface area contributed by atoms with Gasteiger partial charge in [-0.2, -0.15) is 0 Å². The van der Waals surface area contributed by atoms with E-state index in [0.717, 1.165) is 10.8 Å². The summed E-state index contributed by atoms with van der Waals surface area (Å²) in [6.45, 7) is 0. The summed E-state index contributed by atoms with van der Waals surface area (Å²) >= 11 is 0. The van der Waals surface area contributed by atoms with Gasteiger partial charge in [-0.05, 0) is 23.6 Å². The summed E-state index contributed by atoms with van der Waals surface area (Å²) in [6.07, 6.45) is 1.44. The van der Waals surface area contributed by atoms with E-state index in [0.29, 0.717) is 22.6 Å². The molecule has 1 aliphatic carbocycles. The quantitative estimate of drug-likeness (QED) is 0.897. The molecule has 0 aromatic heterocycles. The molecule has 0 amide bonds. The van der Waals surface area contributed by atoms with Crippen LogP contribution in [0.4, 0.5) is 0 Å². The molecule has 1 aliphatic rings. The third-order valence-corrected chi connectivity index (χ3v) is 3.33. The minimum Gasteiger partial charge on any atom is -0.504 e. The number of carbonyl (C=O) groups excluding carboxylic acids is 1. The Balaban J connectivity index is 2.52. The summed E-state index contributed by atoms with van der Waals surface area (Å²) in [4.78, 5) is 12.1. The molecule has 0 saturated heterocycles. The molecule has 2 aromatic rings. The summed E-state index contributed by atoms with van der Waals surface area (Å²) in [6, 6.07) is 7.30. The monoisotopic (exact) mass is 256 g/mol. The molecule has 0 aliphatic heterocycles. The normalized spacial score (nSPS) is 13.4. The SMILES string of the molecule is COc1ccc2ccc(OC)c3c2c1C=C(O)C3=O. The van der Waals surface area contributed by atoms with Gasteiger partial charge < -0.3 is 14.6 Å². The zero-order valence-electron chi connectivity index (χ0n) is 10.6. The Labute approximate surface area is 109 Å². The van der Waals surface area contributed by atoms with Crippen molar-refractivity contribution in [1.82, 2.24) is 0 Å². The van der Waals surface area contributed by atoms with Gasteiger partial charge in [0.2, 0.25) is 5.78 Å². The maximum atomic E-state index is 12.1. The number of aliphatic hydroxyl groups is 1. The lowest BCUT2D eigenvalue weighted by molar-refractivity contribution is 0.0978. The minimum absolute atomic E-state index is 0.303. The lowest BCUT2D eigenvalue weighted by Crippen LogP contribution is -2.11. The first kappa shape index (κ1) is 11.6. The van der Waals surface area contributed by atoms with Crippen molar-refractivity contribution in [3.63, 3.8) is 0 Å². The number of ketones is 1. The van der Waals surface area contributed by atoms with Crippen molar-refractivity contribution >= 4 is 22.6 Å². The van der Waals surface area contributed by atoms with Gasteiger partial charge >= 0.3 is 0 Å². The average molecular weight is 256 g/mol. The molecular formula is C15H12O4. The highest BCUT2D eigenvalue weighted by Gasteiger charge is 2.27. The van der Waals surface area contributed by atoms with Crippen molar-refractivity contribution in [1.29, 1.82) is 0 Å². The van der Waals surface area contributed by atoms with Crippen molar-refractivity contribution in [2.24, 2.45) is 0 Å². The molecule has 0 radical (unpaired) electrons. The molecule has 4 nitrogen and oxygen atoms in total. The summed E-state index contributed by atoms with van der Waals surface area (Å²) in [5.74, 6) is 0.332. The Morgan fingerprint density at radius 3 is 2.26 bits per heavy atom. The molecule has 0 saturated carbocycles. The van der Waals surface area contributed by atoms with Crippen molar-refractivity contribution < 1.29 is 19.4 Å². The van der Waals surface area contributed by atoms with Gasteiger partial charge in [-0.1, -0.05) is 12.1 Å². The maximum Gasteiger partial charge on any atom is 0.231 e. The third kappa shape index (κ3) is 1.50. The van der Waals surface area contributed by atoms with Crippen molar-refractivity contribution in [2.75, 3.05) is 14.2 Å². The van der Waals surface area contributed by atoms with E-state index in [1.165, 1.54) is 13.2 Å². The van der Waals surface area contributed by atoms with Crippen LogP contribution in [0.25, 0.3) is 16.8 Å². The summed E-state index contributed by atoms with van der Waals surface area (Å²) in [7, 11) is 3.05. The van der Waals surface area contributed by atoms with E-state index in [9.17, 15) is 9.90 Å². The first-order valence-electron chi connectivity index (χ1n) is 5.80. The van der Waals surface area contributed by atoms with Gasteiger partial charge in [0, 0.05) is 10.9 Å². The van der Waals surface area contributed by atoms with E-state index in [-0.39, 0.29) is 5.76 Å². The standard InChI is InChI=1S/C15H12O4/c1-18-11-5-3-8-4-6-12(19-2)14-13(8)9(11)7-10(16)15(14)17/h3-7,16H,1-2H3. The molecule has 2 aromatic carbocycles. The smallest absolute Gasteiger partial charge is 0.231 e. The Bertz CT molecular complexity index is 723. The molecule has 0 atom stereocenters. The summed E-state index contributed by atoms with van der Waals surface area (Å²) in [5, 5.41) is 11.5. The minimum atomic E-state index is -0.428. The van der Waals surface area contributed by atoms with E-state index in [4.69, 9.17) is 9.47 Å². The van der Waals surface area contributed by atoms with Gasteiger partial charge in [-0.15, -0.1) is 0 Å². The van der Waals surface area contributed by atoms with Gasteiger partial charge in [0.15, 0.2) is 5.76 Å². The van der Waals surface area contributed by atoms with Crippen LogP contribution in [0, 0.1) is 0 Å². The first-order valence-corrected chi connectivity index (χ1v) is 5.80. The van der Waals surface area contributed by atoms with Crippen LogP contribution in [0.3, 0.4) is 0 Å². The van der Waals surface area contributed by atoms with Crippen LogP contribution >= 0.6 is 0 Å². The second kappa shape index (κ2) is 4.02. The number of aliphatic hydroxyl groups excluding tert-OH is 1. The predicted octanol–water partition coefficient (Wildman–Crippen LogP) is 2.95. The molecule has 0 bridgehead atoms. The Kier molecular flexibility index (Phi) is 2.45. The average Bonchev–Trinajstić information content (AvgIpc) is 2.44. The second-order valence-corrected chi connectivity index (χ2v) is 4.28. The van der Waals surface area contributed by atoms with Gasteiger partial charge in [0.05, 0.1) is 19.8 Å². The number of carbonyl (C=O) groups is 1. The predicted molar refractivity (Wildman–Crippen MR) is 72.0 cm³/mol. The largest absolute Gasteiger partial charge is 0.504 e. The van der Waals surface area contributed by atoms with E-state index in [1.54, 1.807) is 13.2 Å². The fraction of sp³-hybridized carbons (Fsp3) is 0.133. The molecule has 1 N–H and O–H groups in total. The third-order valence-electron chi connectivity index (χ3n) is 3.33. The highest BCUT2D eigenvalue weighted by molar-refractivity contribution is 6.23.